The van der Waals surface area contributed by atoms with E-state index in [1.165, 1.54) is 0 Å². The third-order valence-electron chi connectivity index (χ3n) is 2.60. The number of likely N-dealkylation sites (N-methyl/N-ethyl adjacent to an activating group) is 1. The molecule has 16 heavy (non-hydrogen) atoms. The van der Waals surface area contributed by atoms with Gasteiger partial charge in [-0.25, -0.2) is 0 Å². The summed E-state index contributed by atoms with van der Waals surface area (Å²) < 4.78 is 0. The molecule has 1 aromatic heterocycles. The summed E-state index contributed by atoms with van der Waals surface area (Å²) in [5.41, 5.74) is 1.80. The molecule has 1 rings (SSSR count). The first kappa shape index (κ1) is 12.7. The highest BCUT2D eigenvalue weighted by Crippen LogP contribution is 2.18. The van der Waals surface area contributed by atoms with E-state index >= 15 is 0 Å². The number of aliphatic hydroxyl groups excluding tert-OH is 1. The zero-order valence-electron chi connectivity index (χ0n) is 10.1. The summed E-state index contributed by atoms with van der Waals surface area (Å²) in [6.45, 7) is 9.50. The Morgan fingerprint density at radius 1 is 1.50 bits per heavy atom. The Morgan fingerprint density at radius 2 is 2.25 bits per heavy atom. The minimum absolute atomic E-state index is 0.455. The average Bonchev–Trinajstić information content (AvgIpc) is 2.35. The monoisotopic (exact) mass is 220 g/mol. The molecule has 0 bridgehead atoms. The van der Waals surface area contributed by atoms with Crippen LogP contribution in [0.15, 0.2) is 31.0 Å². The average molecular weight is 220 g/mol. The third-order valence-corrected chi connectivity index (χ3v) is 2.60. The lowest BCUT2D eigenvalue weighted by Gasteiger charge is -2.21. The minimum atomic E-state index is -0.455. The van der Waals surface area contributed by atoms with Crippen LogP contribution in [0.5, 0.6) is 0 Å². The van der Waals surface area contributed by atoms with Crippen molar-refractivity contribution in [3.63, 3.8) is 0 Å². The molecule has 1 unspecified atom stereocenters. The number of hydrogen-bond donors (Lipinski definition) is 1. The number of anilines is 1. The highest BCUT2D eigenvalue weighted by atomic mass is 16.3. The van der Waals surface area contributed by atoms with Gasteiger partial charge in [-0.05, 0) is 25.5 Å². The molecule has 0 saturated carbocycles. The van der Waals surface area contributed by atoms with E-state index in [1.807, 2.05) is 25.1 Å². The predicted molar refractivity (Wildman–Crippen MR) is 67.6 cm³/mol. The van der Waals surface area contributed by atoms with Gasteiger partial charge in [-0.2, -0.15) is 0 Å². The Bertz CT molecular complexity index is 321. The van der Waals surface area contributed by atoms with Crippen LogP contribution in [0.2, 0.25) is 0 Å². The van der Waals surface area contributed by atoms with E-state index in [0.717, 1.165) is 24.5 Å². The predicted octanol–water partition coefficient (Wildman–Crippen LogP) is 2.54. The van der Waals surface area contributed by atoms with Crippen molar-refractivity contribution in [1.29, 1.82) is 0 Å². The van der Waals surface area contributed by atoms with Crippen LogP contribution in [-0.4, -0.2) is 23.2 Å². The third kappa shape index (κ3) is 3.07. The Kier molecular flexibility index (Phi) is 4.99. The Morgan fingerprint density at radius 3 is 2.69 bits per heavy atom. The van der Waals surface area contributed by atoms with Crippen LogP contribution < -0.4 is 4.90 Å². The zero-order valence-corrected chi connectivity index (χ0v) is 10.1. The molecule has 0 aliphatic carbocycles. The molecule has 1 atom stereocenters. The van der Waals surface area contributed by atoms with Gasteiger partial charge in [0.2, 0.25) is 0 Å². The molecule has 1 aromatic rings. The number of hydrogen-bond acceptors (Lipinski definition) is 3. The van der Waals surface area contributed by atoms with Crippen molar-refractivity contribution in [2.75, 3.05) is 18.0 Å². The summed E-state index contributed by atoms with van der Waals surface area (Å²) in [4.78, 5) is 6.44. The van der Waals surface area contributed by atoms with Gasteiger partial charge >= 0.3 is 0 Å². The topological polar surface area (TPSA) is 36.4 Å². The van der Waals surface area contributed by atoms with E-state index in [0.29, 0.717) is 6.42 Å². The van der Waals surface area contributed by atoms with Gasteiger partial charge < -0.3 is 10.0 Å². The SMILES string of the molecule is C=CCN(CC)c1ccc(C(O)CC)nc1. The van der Waals surface area contributed by atoms with Crippen molar-refractivity contribution in [2.24, 2.45) is 0 Å². The van der Waals surface area contributed by atoms with Crippen molar-refractivity contribution in [3.05, 3.63) is 36.7 Å². The molecule has 88 valence electrons. The number of pyridine rings is 1. The molecule has 3 nitrogen and oxygen atoms in total. The van der Waals surface area contributed by atoms with Gasteiger partial charge in [0.15, 0.2) is 0 Å². The van der Waals surface area contributed by atoms with Crippen LogP contribution in [0.25, 0.3) is 0 Å². The summed E-state index contributed by atoms with van der Waals surface area (Å²) in [5, 5.41) is 9.63. The van der Waals surface area contributed by atoms with Crippen LogP contribution >= 0.6 is 0 Å². The van der Waals surface area contributed by atoms with Crippen molar-refractivity contribution >= 4 is 5.69 Å². The van der Waals surface area contributed by atoms with Crippen molar-refractivity contribution in [2.45, 2.75) is 26.4 Å². The molecule has 0 aliphatic rings. The van der Waals surface area contributed by atoms with Gasteiger partial charge in [0.05, 0.1) is 23.7 Å². The summed E-state index contributed by atoms with van der Waals surface area (Å²) >= 11 is 0. The second-order valence-corrected chi connectivity index (χ2v) is 3.69. The van der Waals surface area contributed by atoms with E-state index in [4.69, 9.17) is 0 Å². The van der Waals surface area contributed by atoms with E-state index < -0.39 is 6.10 Å². The lowest BCUT2D eigenvalue weighted by Crippen LogP contribution is -2.22. The molecule has 0 radical (unpaired) electrons. The van der Waals surface area contributed by atoms with Crippen LogP contribution in [0.3, 0.4) is 0 Å². The van der Waals surface area contributed by atoms with Crippen molar-refractivity contribution in [3.8, 4) is 0 Å². The van der Waals surface area contributed by atoms with E-state index in [9.17, 15) is 5.11 Å². The second kappa shape index (κ2) is 6.28. The lowest BCUT2D eigenvalue weighted by molar-refractivity contribution is 0.169. The smallest absolute Gasteiger partial charge is 0.0957 e. The quantitative estimate of drug-likeness (QED) is 0.748. The first-order valence-electron chi connectivity index (χ1n) is 5.72. The van der Waals surface area contributed by atoms with Gasteiger partial charge in [0.1, 0.15) is 0 Å². The number of rotatable bonds is 6. The molecule has 0 saturated heterocycles. The lowest BCUT2D eigenvalue weighted by atomic mass is 10.2. The summed E-state index contributed by atoms with van der Waals surface area (Å²) in [6.07, 6.45) is 3.92. The first-order valence-corrected chi connectivity index (χ1v) is 5.72. The Balaban J connectivity index is 2.80. The summed E-state index contributed by atoms with van der Waals surface area (Å²) in [7, 11) is 0. The van der Waals surface area contributed by atoms with Crippen LogP contribution in [0.1, 0.15) is 32.1 Å². The van der Waals surface area contributed by atoms with E-state index in [2.05, 4.69) is 23.4 Å². The van der Waals surface area contributed by atoms with E-state index in [-0.39, 0.29) is 0 Å². The molecule has 0 spiro atoms. The highest BCUT2D eigenvalue weighted by Gasteiger charge is 2.07. The molecule has 3 heteroatoms. The fourth-order valence-electron chi connectivity index (χ4n) is 1.56. The molecular weight excluding hydrogens is 200 g/mol. The van der Waals surface area contributed by atoms with Crippen LogP contribution in [0.4, 0.5) is 5.69 Å². The molecule has 1 heterocycles. The maximum atomic E-state index is 9.63. The number of aromatic nitrogens is 1. The zero-order chi connectivity index (χ0) is 12.0. The van der Waals surface area contributed by atoms with Gasteiger partial charge in [0, 0.05) is 13.1 Å². The van der Waals surface area contributed by atoms with Gasteiger partial charge in [-0.15, -0.1) is 6.58 Å². The molecule has 1 N–H and O–H groups in total. The standard InChI is InChI=1S/C13H20N2O/c1-4-9-15(6-3)11-7-8-12(14-10-11)13(16)5-2/h4,7-8,10,13,16H,1,5-6,9H2,2-3H3. The fourth-order valence-corrected chi connectivity index (χ4v) is 1.56. The van der Waals surface area contributed by atoms with Gasteiger partial charge in [-0.1, -0.05) is 13.0 Å². The fraction of sp³-hybridized carbons (Fsp3) is 0.462. The minimum Gasteiger partial charge on any atom is -0.387 e. The van der Waals surface area contributed by atoms with Gasteiger partial charge in [0.25, 0.3) is 0 Å². The van der Waals surface area contributed by atoms with Crippen molar-refractivity contribution in [1.82, 2.24) is 4.98 Å². The van der Waals surface area contributed by atoms with E-state index in [1.54, 1.807) is 6.20 Å². The number of nitrogens with zero attached hydrogens (tertiary/aromatic N) is 2. The van der Waals surface area contributed by atoms with Crippen LogP contribution in [-0.2, 0) is 0 Å². The van der Waals surface area contributed by atoms with Crippen molar-refractivity contribution < 1.29 is 5.11 Å². The summed E-state index contributed by atoms with van der Waals surface area (Å²) in [6, 6.07) is 3.88. The van der Waals surface area contributed by atoms with Crippen LogP contribution in [0, 0.1) is 0 Å². The Labute approximate surface area is 97.4 Å². The second-order valence-electron chi connectivity index (χ2n) is 3.69. The van der Waals surface area contributed by atoms with Gasteiger partial charge in [-0.3, -0.25) is 4.98 Å². The first-order chi connectivity index (χ1) is 7.72. The Hall–Kier alpha value is -1.35. The highest BCUT2D eigenvalue weighted by molar-refractivity contribution is 5.45. The maximum Gasteiger partial charge on any atom is 0.0957 e. The molecular formula is C13H20N2O. The maximum absolute atomic E-state index is 9.63. The molecule has 0 aliphatic heterocycles. The molecule has 0 fully saturated rings. The number of aliphatic hydroxyl groups is 1. The molecule has 0 aromatic carbocycles. The normalized spacial score (nSPS) is 12.2. The molecule has 0 amide bonds. The largest absolute Gasteiger partial charge is 0.387 e. The summed E-state index contributed by atoms with van der Waals surface area (Å²) in [5.74, 6) is 0.